The van der Waals surface area contributed by atoms with Crippen molar-refractivity contribution in [3.05, 3.63) is 65.4 Å². The molecule has 0 aliphatic heterocycles. The summed E-state index contributed by atoms with van der Waals surface area (Å²) in [6.45, 7) is 0.959. The van der Waals surface area contributed by atoms with Gasteiger partial charge in [0, 0.05) is 36.7 Å². The van der Waals surface area contributed by atoms with Gasteiger partial charge in [0.2, 0.25) is 0 Å². The highest BCUT2D eigenvalue weighted by atomic mass is 35.5. The van der Waals surface area contributed by atoms with Gasteiger partial charge in [-0.15, -0.1) is 12.4 Å². The van der Waals surface area contributed by atoms with E-state index >= 15 is 0 Å². The number of carbonyl (C=O) groups excluding carboxylic acids is 1. The number of benzene rings is 2. The molecule has 1 aromatic heterocycles. The summed E-state index contributed by atoms with van der Waals surface area (Å²) in [5.41, 5.74) is 5.26. The topological polar surface area (TPSA) is 55.3 Å². The molecule has 2 N–H and O–H groups in total. The van der Waals surface area contributed by atoms with Crippen LogP contribution in [0.15, 0.2) is 48.5 Å². The van der Waals surface area contributed by atoms with Gasteiger partial charge in [-0.1, -0.05) is 30.3 Å². The van der Waals surface area contributed by atoms with Gasteiger partial charge < -0.3 is 19.9 Å². The van der Waals surface area contributed by atoms with Crippen molar-refractivity contribution in [2.24, 2.45) is 7.05 Å². The van der Waals surface area contributed by atoms with Crippen molar-refractivity contribution in [2.75, 3.05) is 13.6 Å². The first-order valence-corrected chi connectivity index (χ1v) is 9.45. The summed E-state index contributed by atoms with van der Waals surface area (Å²) in [6, 6.07) is 16.8. The lowest BCUT2D eigenvalue weighted by molar-refractivity contribution is 0.203. The molecule has 1 aliphatic rings. The Hall–Kier alpha value is -2.50. The van der Waals surface area contributed by atoms with Crippen molar-refractivity contribution in [1.29, 1.82) is 0 Å². The van der Waals surface area contributed by atoms with E-state index in [4.69, 9.17) is 4.74 Å². The van der Waals surface area contributed by atoms with Crippen LogP contribution in [0.4, 0.5) is 4.79 Å². The molecule has 1 heterocycles. The van der Waals surface area contributed by atoms with Crippen molar-refractivity contribution in [2.45, 2.75) is 25.3 Å². The highest BCUT2D eigenvalue weighted by Crippen LogP contribution is 2.39. The molecule has 1 atom stereocenters. The zero-order chi connectivity index (χ0) is 18.8. The normalized spacial score (nSPS) is 15.1. The van der Waals surface area contributed by atoms with Crippen molar-refractivity contribution < 1.29 is 9.53 Å². The predicted octanol–water partition coefficient (Wildman–Crippen LogP) is 4.14. The lowest BCUT2D eigenvalue weighted by Gasteiger charge is -2.15. The molecule has 3 aromatic rings. The van der Waals surface area contributed by atoms with Crippen molar-refractivity contribution in [3.8, 4) is 5.75 Å². The smallest absolute Gasteiger partial charge is 0.410 e. The number of halogens is 1. The minimum absolute atomic E-state index is 0. The molecule has 6 heteroatoms. The first kappa shape index (κ1) is 20.2. The minimum atomic E-state index is -0.442. The van der Waals surface area contributed by atoms with Crippen LogP contribution in [0.2, 0.25) is 0 Å². The third kappa shape index (κ3) is 3.86. The maximum absolute atomic E-state index is 11.5. The average Bonchev–Trinajstić information content (AvgIpc) is 3.23. The molecule has 4 rings (SSSR count). The highest BCUT2D eigenvalue weighted by molar-refractivity contribution is 5.88. The molecule has 28 heavy (non-hydrogen) atoms. The van der Waals surface area contributed by atoms with Crippen LogP contribution in [0.1, 0.15) is 29.3 Å². The predicted molar refractivity (Wildman–Crippen MR) is 114 cm³/mol. The van der Waals surface area contributed by atoms with Gasteiger partial charge in [-0.3, -0.25) is 0 Å². The van der Waals surface area contributed by atoms with Gasteiger partial charge in [0.05, 0.1) is 0 Å². The van der Waals surface area contributed by atoms with Crippen LogP contribution in [-0.4, -0.2) is 24.3 Å². The molecule has 1 aliphatic carbocycles. The first-order chi connectivity index (χ1) is 13.2. The quantitative estimate of drug-likeness (QED) is 0.678. The summed E-state index contributed by atoms with van der Waals surface area (Å²) >= 11 is 0. The van der Waals surface area contributed by atoms with Crippen LogP contribution < -0.4 is 15.4 Å². The third-order valence-corrected chi connectivity index (χ3v) is 5.40. The van der Waals surface area contributed by atoms with Gasteiger partial charge in [0.25, 0.3) is 0 Å². The summed E-state index contributed by atoms with van der Waals surface area (Å²) in [5, 5.41) is 7.40. The molecule has 1 amide bonds. The fourth-order valence-corrected chi connectivity index (χ4v) is 4.11. The number of aryl methyl sites for hydroxylation is 2. The van der Waals surface area contributed by atoms with Gasteiger partial charge in [0.1, 0.15) is 5.75 Å². The van der Waals surface area contributed by atoms with Crippen molar-refractivity contribution in [1.82, 2.24) is 15.2 Å². The van der Waals surface area contributed by atoms with Gasteiger partial charge in [-0.05, 0) is 55.1 Å². The largest absolute Gasteiger partial charge is 0.412 e. The number of nitrogens with one attached hydrogen (secondary N) is 2. The Morgan fingerprint density at radius 3 is 2.75 bits per heavy atom. The monoisotopic (exact) mass is 399 g/mol. The Labute approximate surface area is 171 Å². The van der Waals surface area contributed by atoms with Gasteiger partial charge in [0.15, 0.2) is 0 Å². The molecule has 5 nitrogen and oxygen atoms in total. The second kappa shape index (κ2) is 8.67. The second-order valence-electron chi connectivity index (χ2n) is 7.02. The lowest BCUT2D eigenvalue weighted by Crippen LogP contribution is -2.23. The summed E-state index contributed by atoms with van der Waals surface area (Å²) in [5.74, 6) is 0.579. The van der Waals surface area contributed by atoms with Gasteiger partial charge >= 0.3 is 6.09 Å². The van der Waals surface area contributed by atoms with Crippen LogP contribution in [0, 0.1) is 0 Å². The van der Waals surface area contributed by atoms with Gasteiger partial charge in [-0.2, -0.15) is 0 Å². The molecule has 0 radical (unpaired) electrons. The molecule has 0 fully saturated rings. The van der Waals surface area contributed by atoms with Crippen LogP contribution in [-0.2, 0) is 19.9 Å². The summed E-state index contributed by atoms with van der Waals surface area (Å²) in [4.78, 5) is 11.5. The van der Waals surface area contributed by atoms with Crippen molar-refractivity contribution >= 4 is 29.4 Å². The maximum atomic E-state index is 11.5. The molecule has 0 spiro atoms. The summed E-state index contributed by atoms with van der Waals surface area (Å²) in [7, 11) is 3.68. The van der Waals surface area contributed by atoms with E-state index in [9.17, 15) is 4.79 Å². The molecule has 1 unspecified atom stereocenters. The van der Waals surface area contributed by atoms with E-state index in [1.165, 1.54) is 27.7 Å². The number of nitrogens with zero attached hydrogens (tertiary/aromatic N) is 1. The van der Waals surface area contributed by atoms with E-state index in [0.717, 1.165) is 25.8 Å². The maximum Gasteiger partial charge on any atom is 0.412 e. The highest BCUT2D eigenvalue weighted by Gasteiger charge is 2.28. The third-order valence-electron chi connectivity index (χ3n) is 5.40. The van der Waals surface area contributed by atoms with E-state index in [2.05, 4.69) is 52.6 Å². The minimum Gasteiger partial charge on any atom is -0.410 e. The Bertz CT molecular complexity index is 969. The molecule has 0 bridgehead atoms. The summed E-state index contributed by atoms with van der Waals surface area (Å²) in [6.07, 6.45) is 2.73. The first-order valence-electron chi connectivity index (χ1n) is 9.45. The van der Waals surface area contributed by atoms with E-state index < -0.39 is 6.09 Å². The van der Waals surface area contributed by atoms with Crippen LogP contribution in [0.5, 0.6) is 5.75 Å². The van der Waals surface area contributed by atoms with E-state index in [-0.39, 0.29) is 12.4 Å². The molecule has 0 saturated heterocycles. The number of hydrogen-bond acceptors (Lipinski definition) is 3. The standard InChI is InChI=1S/C22H25N3O2.ClH/c1-23-22(26)27-16-8-11-20-18(14-16)17-9-10-19(21(17)25(20)2)24-13-12-15-6-4-3-5-7-15;/h3-8,11,14,19,24H,9-10,12-13H2,1-2H3,(H,23,26);1H. The van der Waals surface area contributed by atoms with Crippen LogP contribution in [0.25, 0.3) is 10.9 Å². The average molecular weight is 400 g/mol. The zero-order valence-corrected chi connectivity index (χ0v) is 17.0. The summed E-state index contributed by atoms with van der Waals surface area (Å²) < 4.78 is 7.59. The fourth-order valence-electron chi connectivity index (χ4n) is 4.11. The zero-order valence-electron chi connectivity index (χ0n) is 16.2. The molecular formula is C22H26ClN3O2. The van der Waals surface area contributed by atoms with Crippen LogP contribution in [0.3, 0.4) is 0 Å². The SMILES string of the molecule is CNC(=O)Oc1ccc2c(c1)c1c(n2C)C(NCCc2ccccc2)CC1.Cl. The number of fused-ring (bicyclic) bond motifs is 3. The molecular weight excluding hydrogens is 374 g/mol. The number of ether oxygens (including phenoxy) is 1. The number of amides is 1. The Morgan fingerprint density at radius 2 is 2.00 bits per heavy atom. The Morgan fingerprint density at radius 1 is 1.21 bits per heavy atom. The number of rotatable bonds is 5. The van der Waals surface area contributed by atoms with Gasteiger partial charge in [-0.25, -0.2) is 4.79 Å². The lowest BCUT2D eigenvalue weighted by atomic mass is 10.1. The van der Waals surface area contributed by atoms with Crippen LogP contribution >= 0.6 is 12.4 Å². The fraction of sp³-hybridized carbons (Fsp3) is 0.318. The van der Waals surface area contributed by atoms with E-state index in [1.54, 1.807) is 7.05 Å². The Balaban J connectivity index is 0.00000225. The molecule has 148 valence electrons. The Kier molecular flexibility index (Phi) is 6.27. The van der Waals surface area contributed by atoms with Crippen molar-refractivity contribution in [3.63, 3.8) is 0 Å². The number of carbonyl (C=O) groups is 1. The molecule has 0 saturated carbocycles. The number of aromatic nitrogens is 1. The molecule has 2 aromatic carbocycles. The van der Waals surface area contributed by atoms with E-state index in [0.29, 0.717) is 11.8 Å². The second-order valence-corrected chi connectivity index (χ2v) is 7.02. The number of hydrogen-bond donors (Lipinski definition) is 2. The van der Waals surface area contributed by atoms with E-state index in [1.807, 2.05) is 18.2 Å².